The molecule has 1 fully saturated rings. The topological polar surface area (TPSA) is 176 Å². The molecule has 6 rings (SSSR count). The third kappa shape index (κ3) is 11.2. The smallest absolute Gasteiger partial charge is 0.417 e. The number of ether oxygens (including phenoxy) is 7. The van der Waals surface area contributed by atoms with E-state index in [1.54, 1.807) is 50.6 Å². The van der Waals surface area contributed by atoms with Gasteiger partial charge < -0.3 is 53.1 Å². The molecule has 1 aliphatic heterocycles. The Kier molecular flexibility index (Phi) is 17.5. The second kappa shape index (κ2) is 23.4. The van der Waals surface area contributed by atoms with Gasteiger partial charge in [0.1, 0.15) is 42.3 Å². The quantitative estimate of drug-likeness (QED) is 0.0473. The van der Waals surface area contributed by atoms with E-state index in [9.17, 15) is 19.8 Å². The maximum Gasteiger partial charge on any atom is 0.417 e. The lowest BCUT2D eigenvalue weighted by Crippen LogP contribution is -2.69. The number of oxime groups is 1. The van der Waals surface area contributed by atoms with E-state index in [-0.39, 0.29) is 63.0 Å². The van der Waals surface area contributed by atoms with Gasteiger partial charge in [0.15, 0.2) is 0 Å². The molecule has 3 aromatic carbocycles. The van der Waals surface area contributed by atoms with Gasteiger partial charge in [0, 0.05) is 44.2 Å². The number of hydrogen-bond acceptors (Lipinski definition) is 13. The van der Waals surface area contributed by atoms with E-state index in [1.807, 2.05) is 43.3 Å². The number of allylic oxidation sites excluding steroid dienone is 1. The number of methoxy groups -OCH3 is 2. The van der Waals surface area contributed by atoms with E-state index in [0.29, 0.717) is 54.7 Å². The lowest BCUT2D eigenvalue weighted by molar-refractivity contribution is -0.253. The molecule has 15 heteroatoms. The number of benzene rings is 3. The molecule has 0 radical (unpaired) electrons. The summed E-state index contributed by atoms with van der Waals surface area (Å²) in [6, 6.07) is 19.3. The van der Waals surface area contributed by atoms with Crippen molar-refractivity contribution in [3.05, 3.63) is 102 Å². The third-order valence-electron chi connectivity index (χ3n) is 12.1. The molecule has 1 saturated carbocycles. The summed E-state index contributed by atoms with van der Waals surface area (Å²) in [7, 11) is 4.71. The fourth-order valence-electron chi connectivity index (χ4n) is 9.26. The van der Waals surface area contributed by atoms with E-state index in [2.05, 4.69) is 18.0 Å². The summed E-state index contributed by atoms with van der Waals surface area (Å²) < 4.78 is 42.5. The Morgan fingerprint density at radius 1 is 0.969 bits per heavy atom. The Hall–Kier alpha value is -5.61. The fraction of sp³-hybridized carbons (Fsp3) is 0.490. The SMILES string of the molecule is C=CCOC12Oc3ccc(OC(=O)Nc4ccc(OC)cc4OC)cc3C3C(CCCCO)C(CCCCO)C=C(C(=NOCC)CC1N(C)C(=O)OCCOCc1ccccc1)C32. The van der Waals surface area contributed by atoms with E-state index < -0.39 is 29.9 Å². The maximum absolute atomic E-state index is 14.1. The summed E-state index contributed by atoms with van der Waals surface area (Å²) in [5, 5.41) is 27.2. The van der Waals surface area contributed by atoms with Gasteiger partial charge in [-0.1, -0.05) is 60.5 Å². The minimum Gasteiger partial charge on any atom is -0.497 e. The lowest BCUT2D eigenvalue weighted by atomic mass is 9.55. The highest BCUT2D eigenvalue weighted by atomic mass is 16.7. The van der Waals surface area contributed by atoms with Crippen LogP contribution in [-0.4, -0.2) is 106 Å². The number of carbonyl (C=O) groups excluding carboxylic acids is 2. The van der Waals surface area contributed by atoms with Crippen LogP contribution in [0.25, 0.3) is 0 Å². The molecule has 0 bridgehead atoms. The first-order valence-electron chi connectivity index (χ1n) is 22.1. The molecule has 2 aliphatic carbocycles. The first-order valence-corrected chi connectivity index (χ1v) is 22.1. The van der Waals surface area contributed by atoms with Crippen LogP contribution < -0.4 is 24.3 Å². The lowest BCUT2D eigenvalue weighted by Gasteiger charge is -2.59. The first-order chi connectivity index (χ1) is 31.2. The van der Waals surface area contributed by atoms with Crippen LogP contribution in [0.5, 0.6) is 23.0 Å². The average Bonchev–Trinajstić information content (AvgIpc) is 3.31. The van der Waals surface area contributed by atoms with Gasteiger partial charge in [-0.25, -0.2) is 9.59 Å². The molecule has 3 aliphatic rings. The minimum atomic E-state index is -1.48. The summed E-state index contributed by atoms with van der Waals surface area (Å²) in [5.74, 6) is -0.636. The molecular formula is C49H63N3O12. The summed E-state index contributed by atoms with van der Waals surface area (Å²) in [6.45, 7) is 6.98. The molecule has 3 aromatic rings. The monoisotopic (exact) mass is 885 g/mol. The zero-order chi connectivity index (χ0) is 45.5. The van der Waals surface area contributed by atoms with Crippen LogP contribution in [0.15, 0.2) is 96.2 Å². The van der Waals surface area contributed by atoms with Crippen molar-refractivity contribution in [2.75, 3.05) is 66.2 Å². The van der Waals surface area contributed by atoms with Gasteiger partial charge in [0.25, 0.3) is 0 Å². The Bertz CT molecular complexity index is 2080. The molecule has 3 N–H and O–H groups in total. The molecule has 64 heavy (non-hydrogen) atoms. The molecule has 2 amide bonds. The van der Waals surface area contributed by atoms with Crippen LogP contribution in [0.1, 0.15) is 68.9 Å². The number of rotatable bonds is 23. The number of aliphatic hydroxyl groups is 2. The summed E-state index contributed by atoms with van der Waals surface area (Å²) in [5.41, 5.74) is 3.73. The van der Waals surface area contributed by atoms with E-state index in [0.717, 1.165) is 42.4 Å². The van der Waals surface area contributed by atoms with Gasteiger partial charge in [-0.3, -0.25) is 5.32 Å². The normalized spacial score (nSPS) is 22.5. The Labute approximate surface area is 375 Å². The number of aliphatic hydroxyl groups excluding tert-OH is 2. The third-order valence-corrected chi connectivity index (χ3v) is 12.1. The van der Waals surface area contributed by atoms with Gasteiger partial charge in [-0.15, -0.1) is 6.58 Å². The van der Waals surface area contributed by atoms with Crippen LogP contribution >= 0.6 is 0 Å². The molecule has 0 spiro atoms. The predicted octanol–water partition coefficient (Wildman–Crippen LogP) is 8.25. The van der Waals surface area contributed by atoms with Crippen molar-refractivity contribution in [3.8, 4) is 23.0 Å². The van der Waals surface area contributed by atoms with Gasteiger partial charge >= 0.3 is 12.2 Å². The van der Waals surface area contributed by atoms with Crippen molar-refractivity contribution in [1.29, 1.82) is 0 Å². The van der Waals surface area contributed by atoms with Crippen LogP contribution in [-0.2, 0) is 25.7 Å². The molecule has 346 valence electrons. The number of unbranched alkanes of at least 4 members (excludes halogenated alkanes) is 2. The number of nitrogens with zero attached hydrogens (tertiary/aromatic N) is 2. The summed E-state index contributed by atoms with van der Waals surface area (Å²) in [6.07, 6.45) is 7.08. The Morgan fingerprint density at radius 2 is 1.73 bits per heavy atom. The summed E-state index contributed by atoms with van der Waals surface area (Å²) >= 11 is 0. The van der Waals surface area contributed by atoms with Crippen molar-refractivity contribution in [1.82, 2.24) is 4.90 Å². The zero-order valence-corrected chi connectivity index (χ0v) is 37.4. The van der Waals surface area contributed by atoms with Crippen molar-refractivity contribution in [3.63, 3.8) is 0 Å². The number of amides is 2. The van der Waals surface area contributed by atoms with Gasteiger partial charge in [-0.2, -0.15) is 0 Å². The molecule has 15 nitrogen and oxygen atoms in total. The van der Waals surface area contributed by atoms with Crippen molar-refractivity contribution >= 4 is 23.6 Å². The van der Waals surface area contributed by atoms with E-state index in [4.69, 9.17) is 43.2 Å². The number of hydrogen-bond donors (Lipinski definition) is 3. The molecule has 0 aromatic heterocycles. The molecule has 0 saturated heterocycles. The number of fused-ring (bicyclic) bond motifs is 2. The minimum absolute atomic E-state index is 0.0157. The number of carbonyl (C=O) groups is 2. The van der Waals surface area contributed by atoms with Crippen molar-refractivity contribution in [2.24, 2.45) is 22.9 Å². The Morgan fingerprint density at radius 3 is 2.45 bits per heavy atom. The van der Waals surface area contributed by atoms with Crippen molar-refractivity contribution in [2.45, 2.75) is 76.2 Å². The highest BCUT2D eigenvalue weighted by Gasteiger charge is 2.65. The van der Waals surface area contributed by atoms with Gasteiger partial charge in [-0.05, 0) is 85.9 Å². The highest BCUT2D eigenvalue weighted by Crippen LogP contribution is 2.62. The molecule has 6 unspecified atom stereocenters. The second-order valence-electron chi connectivity index (χ2n) is 16.0. The molecule has 6 atom stereocenters. The average molecular weight is 886 g/mol. The Balaban J connectivity index is 1.41. The standard InChI is InChI=1S/C49H63N3O12/c1-6-25-61-49-44(52(3)48(56)60-27-26-59-32-33-15-9-8-10-16-33)31-41(51-62-7-2)38-28-34(17-11-13-23-53)37(18-12-14-24-54)45(46(38)49)39-29-36(20-22-42(39)64-49)63-47(55)50-40-21-19-35(57-4)30-43(40)58-5/h6,8-10,15-16,19-22,28-30,34,37,44-46,53-54H,1,7,11-14,17-18,23-27,31-32H2,2-5H3,(H,50,55). The summed E-state index contributed by atoms with van der Waals surface area (Å²) in [4.78, 5) is 34.9. The maximum atomic E-state index is 14.1. The van der Waals surface area contributed by atoms with Crippen LogP contribution in [0.4, 0.5) is 15.3 Å². The number of nitrogens with one attached hydrogen (secondary N) is 1. The largest absolute Gasteiger partial charge is 0.497 e. The van der Waals surface area contributed by atoms with Gasteiger partial charge in [0.2, 0.25) is 5.79 Å². The van der Waals surface area contributed by atoms with Crippen LogP contribution in [0.2, 0.25) is 0 Å². The fourth-order valence-corrected chi connectivity index (χ4v) is 9.26. The predicted molar refractivity (Wildman–Crippen MR) is 241 cm³/mol. The van der Waals surface area contributed by atoms with Crippen molar-refractivity contribution < 1.29 is 57.8 Å². The van der Waals surface area contributed by atoms with E-state index in [1.165, 1.54) is 12.0 Å². The number of anilines is 1. The molecular weight excluding hydrogens is 823 g/mol. The first kappa shape index (κ1) is 47.9. The van der Waals surface area contributed by atoms with E-state index >= 15 is 0 Å². The highest BCUT2D eigenvalue weighted by molar-refractivity contribution is 6.03. The van der Waals surface area contributed by atoms with Crippen LogP contribution in [0, 0.1) is 17.8 Å². The zero-order valence-electron chi connectivity index (χ0n) is 37.4. The second-order valence-corrected chi connectivity index (χ2v) is 16.0. The molecule has 1 heterocycles. The number of likely N-dealkylation sites (N-methyl/N-ethyl adjacent to an activating group) is 1. The van der Waals surface area contributed by atoms with Crippen LogP contribution in [0.3, 0.4) is 0 Å². The van der Waals surface area contributed by atoms with Gasteiger partial charge in [0.05, 0.1) is 51.4 Å².